The maximum atomic E-state index is 13.9. The lowest BCUT2D eigenvalue weighted by Gasteiger charge is -2.38. The van der Waals surface area contributed by atoms with Gasteiger partial charge in [0.05, 0.1) is 4.90 Å². The molecule has 3 aromatic rings. The molecule has 0 spiro atoms. The molecule has 0 aliphatic carbocycles. The van der Waals surface area contributed by atoms with Gasteiger partial charge < -0.3 is 4.90 Å². The van der Waals surface area contributed by atoms with Crippen LogP contribution in [0.15, 0.2) is 82.6 Å². The molecule has 3 aromatic carbocycles. The van der Waals surface area contributed by atoms with Gasteiger partial charge in [-0.3, -0.25) is 9.52 Å². The van der Waals surface area contributed by atoms with E-state index >= 15 is 0 Å². The third-order valence-electron chi connectivity index (χ3n) is 5.20. The summed E-state index contributed by atoms with van der Waals surface area (Å²) in [5, 5.41) is -0.324. The number of nitrogens with one attached hydrogen (secondary N) is 1. The van der Waals surface area contributed by atoms with E-state index in [-0.39, 0.29) is 29.2 Å². The van der Waals surface area contributed by atoms with Crippen LogP contribution in [-0.4, -0.2) is 46.0 Å². The van der Waals surface area contributed by atoms with Gasteiger partial charge in [0.25, 0.3) is 15.9 Å². The fourth-order valence-electron chi connectivity index (χ4n) is 3.39. The molecule has 0 unspecified atom stereocenters. The van der Waals surface area contributed by atoms with Crippen LogP contribution in [0, 0.1) is 5.82 Å². The molecular formula is C22H18ClFN2O5S2. The number of benzene rings is 3. The van der Waals surface area contributed by atoms with E-state index in [9.17, 15) is 26.0 Å². The van der Waals surface area contributed by atoms with Crippen molar-refractivity contribution in [1.29, 1.82) is 0 Å². The van der Waals surface area contributed by atoms with E-state index in [1.807, 2.05) is 0 Å². The molecule has 1 amide bonds. The maximum absolute atomic E-state index is 13.9. The minimum absolute atomic E-state index is 0.00890. The van der Waals surface area contributed by atoms with Crippen molar-refractivity contribution < 1.29 is 26.0 Å². The van der Waals surface area contributed by atoms with Gasteiger partial charge in [-0.05, 0) is 54.6 Å². The van der Waals surface area contributed by atoms with Crippen molar-refractivity contribution in [2.24, 2.45) is 0 Å². The van der Waals surface area contributed by atoms with Crippen LogP contribution in [0.1, 0.15) is 10.4 Å². The Morgan fingerprint density at radius 3 is 2.27 bits per heavy atom. The van der Waals surface area contributed by atoms with Crippen LogP contribution in [-0.2, 0) is 19.9 Å². The van der Waals surface area contributed by atoms with Gasteiger partial charge in [0.15, 0.2) is 9.84 Å². The third kappa shape index (κ3) is 4.73. The van der Waals surface area contributed by atoms with E-state index in [4.69, 9.17) is 11.6 Å². The van der Waals surface area contributed by atoms with Crippen molar-refractivity contribution in [3.8, 4) is 0 Å². The Bertz CT molecular complexity index is 1420. The van der Waals surface area contributed by atoms with E-state index < -0.39 is 41.7 Å². The fourth-order valence-corrected chi connectivity index (χ4v) is 6.30. The summed E-state index contributed by atoms with van der Waals surface area (Å²) >= 11 is 5.81. The van der Waals surface area contributed by atoms with Crippen LogP contribution in [0.2, 0.25) is 5.02 Å². The van der Waals surface area contributed by atoms with Crippen LogP contribution in [0.25, 0.3) is 0 Å². The van der Waals surface area contributed by atoms with Gasteiger partial charge in [-0.1, -0.05) is 29.8 Å². The minimum atomic E-state index is -4.20. The quantitative estimate of drug-likeness (QED) is 0.548. The lowest BCUT2D eigenvalue weighted by molar-refractivity contribution is 0.0659. The van der Waals surface area contributed by atoms with Gasteiger partial charge in [0, 0.05) is 29.4 Å². The van der Waals surface area contributed by atoms with E-state index in [1.165, 1.54) is 65.6 Å². The van der Waals surface area contributed by atoms with Gasteiger partial charge in [-0.2, -0.15) is 0 Å². The van der Waals surface area contributed by atoms with Crippen molar-refractivity contribution in [3.05, 3.63) is 89.2 Å². The monoisotopic (exact) mass is 508 g/mol. The number of sulfonamides is 1. The Kier molecular flexibility index (Phi) is 6.17. The van der Waals surface area contributed by atoms with Gasteiger partial charge in [-0.25, -0.2) is 21.2 Å². The van der Waals surface area contributed by atoms with Crippen LogP contribution in [0.4, 0.5) is 10.1 Å². The van der Waals surface area contributed by atoms with Crippen molar-refractivity contribution in [2.45, 2.75) is 15.0 Å². The summed E-state index contributed by atoms with van der Waals surface area (Å²) in [5.74, 6) is -1.34. The maximum Gasteiger partial charge on any atom is 0.264 e. The molecule has 1 fully saturated rings. The molecule has 1 heterocycles. The molecule has 0 bridgehead atoms. The van der Waals surface area contributed by atoms with Crippen molar-refractivity contribution in [2.75, 3.05) is 17.8 Å². The predicted molar refractivity (Wildman–Crippen MR) is 122 cm³/mol. The highest BCUT2D eigenvalue weighted by Gasteiger charge is 2.40. The lowest BCUT2D eigenvalue weighted by atomic mass is 10.1. The summed E-state index contributed by atoms with van der Waals surface area (Å²) in [6, 6.07) is 16.5. The molecule has 1 saturated heterocycles. The zero-order chi connectivity index (χ0) is 23.8. The summed E-state index contributed by atoms with van der Waals surface area (Å²) < 4.78 is 66.6. The summed E-state index contributed by atoms with van der Waals surface area (Å²) in [4.78, 5) is 13.8. The normalized spacial score (nSPS) is 14.5. The Morgan fingerprint density at radius 1 is 0.939 bits per heavy atom. The number of anilines is 1. The number of hydrogen-bond acceptors (Lipinski definition) is 5. The standard InChI is InChI=1S/C22H18ClFN2O5S2/c23-16-8-10-18(11-9-16)32(28,29)19-13-26(14-19)22(27)15-4-3-5-17(12-15)25-33(30,31)21-7-2-1-6-20(21)24/h1-12,19,25H,13-14H2. The van der Waals surface area contributed by atoms with Gasteiger partial charge in [0.1, 0.15) is 16.0 Å². The molecule has 1 N–H and O–H groups in total. The molecular weight excluding hydrogens is 491 g/mol. The second kappa shape index (κ2) is 8.77. The van der Waals surface area contributed by atoms with Crippen molar-refractivity contribution >= 4 is 43.1 Å². The van der Waals surface area contributed by atoms with Crippen molar-refractivity contribution in [1.82, 2.24) is 4.90 Å². The first-order valence-electron chi connectivity index (χ1n) is 9.74. The Balaban J connectivity index is 1.46. The second-order valence-electron chi connectivity index (χ2n) is 7.45. The lowest BCUT2D eigenvalue weighted by Crippen LogP contribution is -2.56. The number of carbonyl (C=O) groups excluding carboxylic acids is 1. The minimum Gasteiger partial charge on any atom is -0.336 e. The smallest absolute Gasteiger partial charge is 0.264 e. The molecule has 0 radical (unpaired) electrons. The summed E-state index contributed by atoms with van der Waals surface area (Å²) in [6.45, 7) is 0.0178. The van der Waals surface area contributed by atoms with E-state index in [1.54, 1.807) is 0 Å². The second-order valence-corrected chi connectivity index (χ2v) is 11.8. The molecule has 11 heteroatoms. The molecule has 0 saturated carbocycles. The first-order chi connectivity index (χ1) is 15.6. The average molecular weight is 509 g/mol. The number of halogens is 2. The largest absolute Gasteiger partial charge is 0.336 e. The third-order valence-corrected chi connectivity index (χ3v) is 8.98. The molecule has 172 valence electrons. The number of sulfone groups is 1. The van der Waals surface area contributed by atoms with Crippen LogP contribution in [0.3, 0.4) is 0 Å². The molecule has 0 aromatic heterocycles. The van der Waals surface area contributed by atoms with Gasteiger partial charge in [-0.15, -0.1) is 0 Å². The summed E-state index contributed by atoms with van der Waals surface area (Å²) in [7, 11) is -7.81. The SMILES string of the molecule is O=C(c1cccc(NS(=O)(=O)c2ccccc2F)c1)N1CC(S(=O)(=O)c2ccc(Cl)cc2)C1. The number of nitrogens with zero attached hydrogens (tertiary/aromatic N) is 1. The van der Waals surface area contributed by atoms with E-state index in [2.05, 4.69) is 4.72 Å². The summed E-state index contributed by atoms with van der Waals surface area (Å²) in [5.41, 5.74) is 0.251. The topological polar surface area (TPSA) is 101 Å². The van der Waals surface area contributed by atoms with E-state index in [0.29, 0.717) is 5.02 Å². The van der Waals surface area contributed by atoms with Crippen molar-refractivity contribution in [3.63, 3.8) is 0 Å². The Morgan fingerprint density at radius 2 is 1.61 bits per heavy atom. The first kappa shape index (κ1) is 23.2. The molecule has 1 aliphatic rings. The van der Waals surface area contributed by atoms with Gasteiger partial charge in [0.2, 0.25) is 0 Å². The van der Waals surface area contributed by atoms with Gasteiger partial charge >= 0.3 is 0 Å². The average Bonchev–Trinajstić information content (AvgIpc) is 2.73. The Labute approximate surface area is 195 Å². The molecule has 1 aliphatic heterocycles. The van der Waals surface area contributed by atoms with E-state index in [0.717, 1.165) is 12.1 Å². The highest BCUT2D eigenvalue weighted by atomic mass is 35.5. The highest BCUT2D eigenvalue weighted by molar-refractivity contribution is 7.92. The number of amides is 1. The molecule has 4 rings (SSSR count). The zero-order valence-corrected chi connectivity index (χ0v) is 19.4. The zero-order valence-electron chi connectivity index (χ0n) is 17.0. The summed E-state index contributed by atoms with van der Waals surface area (Å²) in [6.07, 6.45) is 0. The highest BCUT2D eigenvalue weighted by Crippen LogP contribution is 2.27. The predicted octanol–water partition coefficient (Wildman–Crippen LogP) is 3.58. The molecule has 7 nitrogen and oxygen atoms in total. The first-order valence-corrected chi connectivity index (χ1v) is 13.1. The van der Waals surface area contributed by atoms with Crippen LogP contribution < -0.4 is 4.72 Å². The number of carbonyl (C=O) groups is 1. The number of hydrogen-bond donors (Lipinski definition) is 1. The molecule has 33 heavy (non-hydrogen) atoms. The Hall–Kier alpha value is -2.95. The number of likely N-dealkylation sites (tertiary alicyclic amines) is 1. The number of rotatable bonds is 6. The fraction of sp³-hybridized carbons (Fsp3) is 0.136. The molecule has 0 atom stereocenters. The van der Waals surface area contributed by atoms with Crippen LogP contribution >= 0.6 is 11.6 Å². The van der Waals surface area contributed by atoms with Crippen LogP contribution in [0.5, 0.6) is 0 Å².